The molecule has 2 aromatic rings. The summed E-state index contributed by atoms with van der Waals surface area (Å²) >= 11 is 24.3. The topological polar surface area (TPSA) is 129 Å². The Labute approximate surface area is 337 Å². The van der Waals surface area contributed by atoms with Crippen LogP contribution in [-0.2, 0) is 9.59 Å². The Morgan fingerprint density at radius 2 is 0.923 bits per heavy atom. The van der Waals surface area contributed by atoms with Crippen LogP contribution < -0.4 is 40.2 Å². The summed E-state index contributed by atoms with van der Waals surface area (Å²) in [5, 5.41) is 28.0. The van der Waals surface area contributed by atoms with Gasteiger partial charge in [0.2, 0.25) is 0 Å². The minimum atomic E-state index is -4.26. The van der Waals surface area contributed by atoms with Gasteiger partial charge in [-0.15, -0.1) is 0 Å². The summed E-state index contributed by atoms with van der Waals surface area (Å²) in [6, 6.07) is 6.15. The van der Waals surface area contributed by atoms with Gasteiger partial charge in [0.05, 0.1) is 44.1 Å². The summed E-state index contributed by atoms with van der Waals surface area (Å²) in [5.41, 5.74) is -0.334. The maximum Gasteiger partial charge on any atom is 1.00 e. The van der Waals surface area contributed by atoms with Crippen LogP contribution in [0.1, 0.15) is 73.6 Å². The van der Waals surface area contributed by atoms with Crippen LogP contribution in [0.25, 0.3) is 11.1 Å². The molecule has 2 spiro atoms. The zero-order chi connectivity index (χ0) is 37.1. The monoisotopic (exact) mass is 826 g/mol. The Morgan fingerprint density at radius 3 is 1.17 bits per heavy atom. The van der Waals surface area contributed by atoms with E-state index >= 15 is 0 Å². The van der Waals surface area contributed by atoms with Crippen molar-refractivity contribution in [2.45, 2.75) is 88.6 Å². The second-order valence-corrected chi connectivity index (χ2v) is 15.0. The molecule has 2 fully saturated rings. The van der Waals surface area contributed by atoms with E-state index in [0.29, 0.717) is 32.3 Å². The van der Waals surface area contributed by atoms with Crippen LogP contribution in [-0.4, -0.2) is 50.9 Å². The van der Waals surface area contributed by atoms with Crippen LogP contribution in [0.2, 0.25) is 20.1 Å². The molecule has 0 bridgehead atoms. The molecule has 0 aromatic heterocycles. The SMILES string of the molecule is Cc1cc(Cl)cc(Cl)c1C1=C(O)C2(CCC(C(F)(F)F)CC2)NC1=O.Cc1cc(Cl)cc(Cl)c1C1=C(O)C2(CCC(C(F)(F)F)CC2)NC1=O.[Na+].[OH-]. The smallest absolute Gasteiger partial charge is 0.870 e. The largest absolute Gasteiger partial charge is 1.00 e. The first-order valence-corrected chi connectivity index (χ1v) is 17.2. The van der Waals surface area contributed by atoms with Gasteiger partial charge in [-0.2, -0.15) is 26.3 Å². The molecule has 52 heavy (non-hydrogen) atoms. The molecule has 5 N–H and O–H groups in total. The molecule has 0 radical (unpaired) electrons. The summed E-state index contributed by atoms with van der Waals surface area (Å²) in [6.45, 7) is 3.40. The van der Waals surface area contributed by atoms with Crippen LogP contribution in [0, 0.1) is 25.7 Å². The molecule has 18 heteroatoms. The molecule has 7 nitrogen and oxygen atoms in total. The third kappa shape index (κ3) is 8.51. The molecule has 0 saturated heterocycles. The molecule has 2 aromatic carbocycles. The number of carbonyl (C=O) groups excluding carboxylic acids is 2. The van der Waals surface area contributed by atoms with Gasteiger partial charge in [0, 0.05) is 21.2 Å². The Bertz CT molecular complexity index is 1630. The fraction of sp³-hybridized carbons (Fsp3) is 0.471. The maximum atomic E-state index is 12.9. The molecule has 2 aliphatic heterocycles. The summed E-state index contributed by atoms with van der Waals surface area (Å²) < 4.78 is 77.3. The van der Waals surface area contributed by atoms with Crippen molar-refractivity contribution in [3.05, 3.63) is 78.1 Å². The average Bonchev–Trinajstić information content (AvgIpc) is 3.35. The fourth-order valence-electron chi connectivity index (χ4n) is 7.47. The van der Waals surface area contributed by atoms with E-state index in [-0.39, 0.29) is 119 Å². The van der Waals surface area contributed by atoms with Gasteiger partial charge in [-0.25, -0.2) is 0 Å². The number of hydrogen-bond donors (Lipinski definition) is 4. The van der Waals surface area contributed by atoms with E-state index in [1.807, 2.05) is 0 Å². The Balaban J connectivity index is 0.000000270. The van der Waals surface area contributed by atoms with Crippen molar-refractivity contribution in [1.29, 1.82) is 0 Å². The van der Waals surface area contributed by atoms with Gasteiger partial charge in [0.1, 0.15) is 11.5 Å². The van der Waals surface area contributed by atoms with Crippen LogP contribution in [0.4, 0.5) is 26.3 Å². The number of rotatable bonds is 2. The molecular formula is C34H33Cl4F6N2NaO5. The predicted octanol–water partition coefficient (Wildman–Crippen LogP) is 7.21. The van der Waals surface area contributed by atoms with Crippen LogP contribution >= 0.6 is 46.4 Å². The summed E-state index contributed by atoms with van der Waals surface area (Å²) in [6.07, 6.45) is -8.98. The number of aliphatic hydroxyl groups excluding tert-OH is 2. The molecule has 280 valence electrons. The molecule has 0 unspecified atom stereocenters. The Morgan fingerprint density at radius 1 is 0.635 bits per heavy atom. The third-order valence-corrected chi connectivity index (χ3v) is 11.2. The number of nitrogens with one attached hydrogen (secondary N) is 2. The van der Waals surface area contributed by atoms with Crippen molar-refractivity contribution in [1.82, 2.24) is 10.6 Å². The quantitative estimate of drug-likeness (QED) is 0.188. The molecule has 0 atom stereocenters. The molecule has 4 aliphatic rings. The number of hydrogen-bond acceptors (Lipinski definition) is 5. The summed E-state index contributed by atoms with van der Waals surface area (Å²) in [7, 11) is 0. The zero-order valence-corrected chi connectivity index (χ0v) is 33.1. The average molecular weight is 828 g/mol. The fourth-order valence-corrected chi connectivity index (χ4v) is 8.85. The Kier molecular flexibility index (Phi) is 13.8. The van der Waals surface area contributed by atoms with Gasteiger partial charge >= 0.3 is 41.9 Å². The van der Waals surface area contributed by atoms with Gasteiger partial charge in [-0.1, -0.05) is 46.4 Å². The van der Waals surface area contributed by atoms with Crippen molar-refractivity contribution < 1.29 is 81.2 Å². The summed E-state index contributed by atoms with van der Waals surface area (Å²) in [5.74, 6) is -4.35. The van der Waals surface area contributed by atoms with Gasteiger partial charge in [-0.05, 0) is 101 Å². The minimum Gasteiger partial charge on any atom is -0.870 e. The van der Waals surface area contributed by atoms with Crippen LogP contribution in [0.15, 0.2) is 35.8 Å². The van der Waals surface area contributed by atoms with Crippen molar-refractivity contribution in [2.24, 2.45) is 11.8 Å². The van der Waals surface area contributed by atoms with Crippen molar-refractivity contribution in [3.63, 3.8) is 0 Å². The third-order valence-electron chi connectivity index (χ3n) is 10.1. The predicted molar refractivity (Wildman–Crippen MR) is 181 cm³/mol. The van der Waals surface area contributed by atoms with Gasteiger partial charge in [0.15, 0.2) is 0 Å². The van der Waals surface area contributed by atoms with Crippen LogP contribution in [0.3, 0.4) is 0 Å². The van der Waals surface area contributed by atoms with E-state index in [0.717, 1.165) is 0 Å². The van der Waals surface area contributed by atoms with E-state index in [1.54, 1.807) is 26.0 Å². The molecule has 2 saturated carbocycles. The number of alkyl halides is 6. The Hall–Kier alpha value is -1.84. The maximum absolute atomic E-state index is 12.9. The zero-order valence-electron chi connectivity index (χ0n) is 28.1. The van der Waals surface area contributed by atoms with Crippen LogP contribution in [0.5, 0.6) is 0 Å². The second kappa shape index (κ2) is 16.1. The van der Waals surface area contributed by atoms with E-state index in [4.69, 9.17) is 46.4 Å². The van der Waals surface area contributed by atoms with Crippen molar-refractivity contribution in [2.75, 3.05) is 0 Å². The number of aliphatic hydroxyl groups is 2. The van der Waals surface area contributed by atoms with Gasteiger partial charge in [-0.3, -0.25) is 9.59 Å². The molecule has 6 rings (SSSR count). The van der Waals surface area contributed by atoms with Gasteiger partial charge in [0.25, 0.3) is 11.8 Å². The number of amides is 2. The second-order valence-electron chi connectivity index (χ2n) is 13.3. The first-order chi connectivity index (χ1) is 23.1. The minimum absolute atomic E-state index is 0. The van der Waals surface area contributed by atoms with E-state index in [2.05, 4.69) is 10.6 Å². The number of halogens is 10. The number of carbonyl (C=O) groups is 2. The number of aryl methyl sites for hydroxylation is 2. The standard InChI is InChI=1S/2C17H16Cl2F3NO2.Na.H2O/c2*1-8-6-10(18)7-11(19)12(8)13-14(24)16(23-15(13)25)4-2-9(3-5-16)17(20,21)22;;/h2*6-7,9,24H,2-5H2,1H3,(H,23,25);;1H2/q;;+1;/p-1. The first kappa shape index (κ1) is 44.6. The normalized spacial score (nSPS) is 26.1. The van der Waals surface area contributed by atoms with E-state index in [1.165, 1.54) is 12.1 Å². The van der Waals surface area contributed by atoms with Crippen molar-refractivity contribution >= 4 is 69.4 Å². The van der Waals surface area contributed by atoms with Gasteiger partial charge < -0.3 is 26.3 Å². The molecule has 2 heterocycles. The molecule has 2 amide bonds. The number of benzene rings is 2. The molecular weight excluding hydrogens is 795 g/mol. The van der Waals surface area contributed by atoms with E-state index < -0.39 is 47.1 Å². The summed E-state index contributed by atoms with van der Waals surface area (Å²) in [4.78, 5) is 25.0. The first-order valence-electron chi connectivity index (χ1n) is 15.7. The van der Waals surface area contributed by atoms with Crippen molar-refractivity contribution in [3.8, 4) is 0 Å². The molecule has 2 aliphatic carbocycles. The van der Waals surface area contributed by atoms with E-state index in [9.17, 15) is 46.1 Å².